The largest absolute Gasteiger partial charge is 0.325 e. The molecule has 1 N–H and O–H groups in total. The van der Waals surface area contributed by atoms with E-state index in [0.29, 0.717) is 6.04 Å². The van der Waals surface area contributed by atoms with Crippen LogP contribution < -0.4 is 5.32 Å². The predicted molar refractivity (Wildman–Crippen MR) is 88.0 cm³/mol. The maximum absolute atomic E-state index is 4.85. The van der Waals surface area contributed by atoms with Crippen LogP contribution in [0.5, 0.6) is 0 Å². The van der Waals surface area contributed by atoms with Gasteiger partial charge in [-0.05, 0) is 50.9 Å². The summed E-state index contributed by atoms with van der Waals surface area (Å²) in [7, 11) is 0. The van der Waals surface area contributed by atoms with Gasteiger partial charge in [0, 0.05) is 32.0 Å². The van der Waals surface area contributed by atoms with Crippen LogP contribution in [0.3, 0.4) is 0 Å². The zero-order valence-corrected chi connectivity index (χ0v) is 13.5. The van der Waals surface area contributed by atoms with Gasteiger partial charge in [-0.25, -0.2) is 4.98 Å². The lowest BCUT2D eigenvalue weighted by Gasteiger charge is -2.45. The highest BCUT2D eigenvalue weighted by atomic mass is 15.3. The highest BCUT2D eigenvalue weighted by molar-refractivity contribution is 5.51. The van der Waals surface area contributed by atoms with E-state index in [9.17, 15) is 0 Å². The Morgan fingerprint density at radius 3 is 2.91 bits per heavy atom. The van der Waals surface area contributed by atoms with Gasteiger partial charge in [-0.1, -0.05) is 0 Å². The summed E-state index contributed by atoms with van der Waals surface area (Å²) < 4.78 is 4.55. The zero-order valence-electron chi connectivity index (χ0n) is 13.5. The van der Waals surface area contributed by atoms with E-state index in [1.54, 1.807) is 0 Å². The number of nitrogens with one attached hydrogen (secondary N) is 1. The molecular weight excluding hydrogens is 288 g/mol. The predicted octanol–water partition coefficient (Wildman–Crippen LogP) is 1.51. The maximum Gasteiger partial charge on any atom is 0.160 e. The highest BCUT2D eigenvalue weighted by Gasteiger charge is 2.36. The SMILES string of the molecule is c1cn([C@H]2CN3CCC2CC3)c(-c2cc3n(n2)CCCNC3)n1. The summed E-state index contributed by atoms with van der Waals surface area (Å²) in [6, 6.07) is 2.79. The minimum absolute atomic E-state index is 0.564. The number of piperidine rings is 3. The zero-order chi connectivity index (χ0) is 15.2. The van der Waals surface area contributed by atoms with Crippen LogP contribution in [-0.2, 0) is 13.1 Å². The molecule has 122 valence electrons. The third-order valence-corrected chi connectivity index (χ3v) is 5.77. The normalized spacial score (nSPS) is 30.2. The van der Waals surface area contributed by atoms with E-state index in [1.807, 2.05) is 6.20 Å². The lowest BCUT2D eigenvalue weighted by atomic mass is 9.84. The number of aryl methyl sites for hydroxylation is 1. The number of fused-ring (bicyclic) bond motifs is 4. The average Bonchev–Trinajstić information content (AvgIpc) is 3.18. The number of hydrogen-bond acceptors (Lipinski definition) is 4. The first-order chi connectivity index (χ1) is 11.4. The molecule has 0 spiro atoms. The molecule has 2 aromatic rings. The third-order valence-electron chi connectivity index (χ3n) is 5.77. The third kappa shape index (κ3) is 2.32. The lowest BCUT2D eigenvalue weighted by Crippen LogP contribution is -2.48. The lowest BCUT2D eigenvalue weighted by molar-refractivity contribution is 0.0577. The van der Waals surface area contributed by atoms with Gasteiger partial charge in [-0.3, -0.25) is 4.68 Å². The first kappa shape index (κ1) is 13.7. The van der Waals surface area contributed by atoms with Gasteiger partial charge in [-0.2, -0.15) is 5.10 Å². The molecule has 4 aliphatic heterocycles. The fourth-order valence-corrected chi connectivity index (χ4v) is 4.50. The Bertz CT molecular complexity index is 670. The van der Waals surface area contributed by atoms with Crippen LogP contribution in [0.2, 0.25) is 0 Å². The molecule has 3 fully saturated rings. The van der Waals surface area contributed by atoms with Crippen molar-refractivity contribution < 1.29 is 0 Å². The quantitative estimate of drug-likeness (QED) is 0.913. The summed E-state index contributed by atoms with van der Waals surface area (Å²) in [5.41, 5.74) is 2.31. The fourth-order valence-electron chi connectivity index (χ4n) is 4.50. The summed E-state index contributed by atoms with van der Waals surface area (Å²) in [5, 5.41) is 8.32. The van der Waals surface area contributed by atoms with Crippen molar-refractivity contribution in [2.45, 2.75) is 38.4 Å². The fraction of sp³-hybridized carbons (Fsp3) is 0.647. The monoisotopic (exact) mass is 312 g/mol. The Labute approximate surface area is 136 Å². The van der Waals surface area contributed by atoms with Crippen LogP contribution in [0.1, 0.15) is 31.0 Å². The summed E-state index contributed by atoms with van der Waals surface area (Å²) >= 11 is 0. The highest BCUT2D eigenvalue weighted by Crippen LogP contribution is 2.37. The Hall–Kier alpha value is -1.66. The van der Waals surface area contributed by atoms with Gasteiger partial charge in [0.05, 0.1) is 11.7 Å². The Morgan fingerprint density at radius 1 is 1.17 bits per heavy atom. The minimum Gasteiger partial charge on any atom is -0.325 e. The van der Waals surface area contributed by atoms with E-state index in [0.717, 1.165) is 43.5 Å². The Balaban J connectivity index is 1.49. The second-order valence-electron chi connectivity index (χ2n) is 7.14. The average molecular weight is 312 g/mol. The second kappa shape index (κ2) is 5.46. The number of imidazole rings is 1. The van der Waals surface area contributed by atoms with Crippen molar-refractivity contribution in [1.29, 1.82) is 0 Å². The van der Waals surface area contributed by atoms with Crippen LogP contribution in [0, 0.1) is 5.92 Å². The number of aromatic nitrogens is 4. The molecular formula is C17H24N6. The van der Waals surface area contributed by atoms with Gasteiger partial charge >= 0.3 is 0 Å². The molecule has 0 aromatic carbocycles. The molecule has 1 atom stereocenters. The molecule has 2 bridgehead atoms. The van der Waals surface area contributed by atoms with Gasteiger partial charge < -0.3 is 14.8 Å². The van der Waals surface area contributed by atoms with Crippen LogP contribution in [0.25, 0.3) is 11.5 Å². The molecule has 0 saturated carbocycles. The van der Waals surface area contributed by atoms with Crippen molar-refractivity contribution in [3.63, 3.8) is 0 Å². The molecule has 2 aromatic heterocycles. The Morgan fingerprint density at radius 2 is 2.09 bits per heavy atom. The maximum atomic E-state index is 4.85. The van der Waals surface area contributed by atoms with E-state index in [2.05, 4.69) is 36.7 Å². The number of hydrogen-bond donors (Lipinski definition) is 1. The van der Waals surface area contributed by atoms with Crippen molar-refractivity contribution in [2.24, 2.45) is 5.92 Å². The first-order valence-electron chi connectivity index (χ1n) is 8.91. The molecule has 0 aliphatic carbocycles. The van der Waals surface area contributed by atoms with E-state index in [4.69, 9.17) is 5.10 Å². The summed E-state index contributed by atoms with van der Waals surface area (Å²) in [6.07, 6.45) is 7.89. The van der Waals surface area contributed by atoms with Gasteiger partial charge in [-0.15, -0.1) is 0 Å². The van der Waals surface area contributed by atoms with Crippen molar-refractivity contribution >= 4 is 0 Å². The molecule has 23 heavy (non-hydrogen) atoms. The van der Waals surface area contributed by atoms with Crippen LogP contribution in [0.4, 0.5) is 0 Å². The summed E-state index contributed by atoms with van der Waals surface area (Å²) in [6.45, 7) is 6.71. The van der Waals surface area contributed by atoms with Crippen LogP contribution >= 0.6 is 0 Å². The van der Waals surface area contributed by atoms with Gasteiger partial charge in [0.1, 0.15) is 5.69 Å². The molecule has 6 nitrogen and oxygen atoms in total. The number of rotatable bonds is 2. The van der Waals surface area contributed by atoms with Crippen molar-refractivity contribution in [3.8, 4) is 11.5 Å². The van der Waals surface area contributed by atoms with E-state index in [-0.39, 0.29) is 0 Å². The molecule has 6 heterocycles. The van der Waals surface area contributed by atoms with Gasteiger partial charge in [0.2, 0.25) is 0 Å². The molecule has 0 amide bonds. The van der Waals surface area contributed by atoms with Crippen molar-refractivity contribution in [2.75, 3.05) is 26.2 Å². The van der Waals surface area contributed by atoms with E-state index >= 15 is 0 Å². The van der Waals surface area contributed by atoms with Crippen molar-refractivity contribution in [3.05, 3.63) is 24.2 Å². The van der Waals surface area contributed by atoms with E-state index in [1.165, 1.54) is 38.2 Å². The van der Waals surface area contributed by atoms with Crippen LogP contribution in [-0.4, -0.2) is 50.4 Å². The summed E-state index contributed by atoms with van der Waals surface area (Å²) in [5.74, 6) is 1.85. The van der Waals surface area contributed by atoms with E-state index < -0.39 is 0 Å². The molecule has 0 unspecified atom stereocenters. The first-order valence-corrected chi connectivity index (χ1v) is 8.91. The van der Waals surface area contributed by atoms with Crippen LogP contribution in [0.15, 0.2) is 18.5 Å². The number of nitrogens with zero attached hydrogens (tertiary/aromatic N) is 5. The smallest absolute Gasteiger partial charge is 0.160 e. The minimum atomic E-state index is 0.564. The van der Waals surface area contributed by atoms with Gasteiger partial charge in [0.25, 0.3) is 0 Å². The van der Waals surface area contributed by atoms with Crippen molar-refractivity contribution in [1.82, 2.24) is 29.5 Å². The standard InChI is InChI=1S/C17H24N6/c1-4-18-11-14-10-15(20-23(14)6-1)17-19-5-9-22(17)16-12-21-7-2-13(16)3-8-21/h5,9-10,13,16,18H,1-4,6-8,11-12H2/t16-/m0/s1. The molecule has 3 saturated heterocycles. The molecule has 4 aliphatic rings. The molecule has 0 radical (unpaired) electrons. The Kier molecular flexibility index (Phi) is 3.26. The molecule has 6 heteroatoms. The molecule has 6 rings (SSSR count). The second-order valence-corrected chi connectivity index (χ2v) is 7.14. The summed E-state index contributed by atoms with van der Waals surface area (Å²) in [4.78, 5) is 7.26. The van der Waals surface area contributed by atoms with Gasteiger partial charge in [0.15, 0.2) is 5.82 Å². The topological polar surface area (TPSA) is 50.9 Å².